The fourth-order valence-corrected chi connectivity index (χ4v) is 6.59. The third kappa shape index (κ3) is 9.04. The van der Waals surface area contributed by atoms with Crippen molar-refractivity contribution in [3.05, 3.63) is 66.2 Å². The van der Waals surface area contributed by atoms with Gasteiger partial charge in [0.05, 0.1) is 56.6 Å². The van der Waals surface area contributed by atoms with Crippen LogP contribution < -0.4 is 5.73 Å². The molecule has 0 amide bonds. The van der Waals surface area contributed by atoms with Crippen molar-refractivity contribution in [1.29, 1.82) is 0 Å². The minimum absolute atomic E-state index is 0.0105. The monoisotopic (exact) mass is 729 g/mol. The number of phenols is 1. The van der Waals surface area contributed by atoms with E-state index in [1.165, 1.54) is 18.2 Å². The number of nitrogens with two attached hydrogens (primary N) is 1. The van der Waals surface area contributed by atoms with Crippen LogP contribution in [-0.4, -0.2) is 57.1 Å². The van der Waals surface area contributed by atoms with Crippen LogP contribution in [0.4, 0.5) is 28.4 Å². The van der Waals surface area contributed by atoms with Crippen LogP contribution in [0.5, 0.6) is 5.75 Å². The first-order valence-corrected chi connectivity index (χ1v) is 17.8. The number of anilines is 1. The first kappa shape index (κ1) is 35.7. The summed E-state index contributed by atoms with van der Waals surface area (Å²) in [5.41, 5.74) is 6.33. The number of fused-ring (bicyclic) bond motifs is 1. The van der Waals surface area contributed by atoms with Crippen LogP contribution in [0.25, 0.3) is 10.8 Å². The molecule has 0 saturated heterocycles. The fourth-order valence-electron chi connectivity index (χ4n) is 3.94. The molecule has 47 heavy (non-hydrogen) atoms. The first-order chi connectivity index (χ1) is 22.0. The molecule has 0 atom stereocenters. The Morgan fingerprint density at radius 3 is 1.96 bits per heavy atom. The van der Waals surface area contributed by atoms with Crippen molar-refractivity contribution in [2.24, 2.45) is 20.5 Å². The van der Waals surface area contributed by atoms with Crippen LogP contribution >= 0.6 is 12.0 Å². The SMILES string of the molecule is Cc1ccc(N=Nc2c(SOOO)cc3cc(S(=O)(=O)O)c(N=Nc4ccc(S(=O)(=O)CCOS(=O)(=O)O)cc4)c(N)c3c2O)cc1. The molecule has 4 rings (SSSR count). The van der Waals surface area contributed by atoms with E-state index in [2.05, 4.69) is 34.0 Å². The van der Waals surface area contributed by atoms with Crippen LogP contribution in [0.3, 0.4) is 0 Å². The number of phenolic OH excluding ortho intramolecular Hbond substituents is 1. The van der Waals surface area contributed by atoms with E-state index in [0.29, 0.717) is 17.7 Å². The van der Waals surface area contributed by atoms with Crippen molar-refractivity contribution in [2.45, 2.75) is 21.6 Å². The lowest BCUT2D eigenvalue weighted by Gasteiger charge is -2.14. The Labute approximate surface area is 271 Å². The van der Waals surface area contributed by atoms with Crippen molar-refractivity contribution < 1.29 is 58.3 Å². The van der Waals surface area contributed by atoms with Crippen LogP contribution in [0.2, 0.25) is 0 Å². The number of sulfone groups is 1. The summed E-state index contributed by atoms with van der Waals surface area (Å²) >= 11 is 0.384. The van der Waals surface area contributed by atoms with Gasteiger partial charge in [0.1, 0.15) is 16.3 Å². The van der Waals surface area contributed by atoms with Crippen LogP contribution in [0, 0.1) is 6.92 Å². The Kier molecular flexibility index (Phi) is 10.9. The quantitative estimate of drug-likeness (QED) is 0.0282. The molecule has 0 bridgehead atoms. The number of hydrogen-bond donors (Lipinski definition) is 5. The van der Waals surface area contributed by atoms with Gasteiger partial charge in [0.15, 0.2) is 15.6 Å². The zero-order valence-corrected chi connectivity index (χ0v) is 26.9. The number of nitrogen functional groups attached to an aromatic ring is 1. The Hall–Kier alpha value is -4.10. The van der Waals surface area contributed by atoms with E-state index in [-0.39, 0.29) is 31.9 Å². The van der Waals surface area contributed by atoms with Gasteiger partial charge in [-0.25, -0.2) is 17.9 Å². The van der Waals surface area contributed by atoms with Gasteiger partial charge < -0.3 is 10.8 Å². The Morgan fingerprint density at radius 2 is 1.40 bits per heavy atom. The topological polar surface area (TPSA) is 286 Å². The molecule has 0 radical (unpaired) electrons. The predicted molar refractivity (Wildman–Crippen MR) is 166 cm³/mol. The minimum Gasteiger partial charge on any atom is -0.505 e. The highest BCUT2D eigenvalue weighted by Crippen LogP contribution is 2.49. The van der Waals surface area contributed by atoms with E-state index < -0.39 is 64.7 Å². The molecule has 0 fully saturated rings. The smallest absolute Gasteiger partial charge is 0.397 e. The molecule has 0 spiro atoms. The van der Waals surface area contributed by atoms with Gasteiger partial charge in [0.25, 0.3) is 10.1 Å². The van der Waals surface area contributed by atoms with E-state index in [1.807, 2.05) is 6.92 Å². The predicted octanol–water partition coefficient (Wildman–Crippen LogP) is 5.53. The Balaban J connectivity index is 1.78. The summed E-state index contributed by atoms with van der Waals surface area (Å²) in [6, 6.07) is 13.6. The second kappa shape index (κ2) is 14.3. The zero-order chi connectivity index (χ0) is 34.6. The lowest BCUT2D eigenvalue weighted by molar-refractivity contribution is -0.432. The summed E-state index contributed by atoms with van der Waals surface area (Å²) in [5.74, 6) is -1.40. The summed E-state index contributed by atoms with van der Waals surface area (Å²) < 4.78 is 98.0. The van der Waals surface area contributed by atoms with E-state index in [9.17, 15) is 34.9 Å². The normalized spacial score (nSPS) is 12.9. The van der Waals surface area contributed by atoms with Crippen molar-refractivity contribution in [1.82, 2.24) is 0 Å². The second-order valence-electron chi connectivity index (χ2n) is 9.31. The molecule has 0 aliphatic rings. The average Bonchev–Trinajstić information content (AvgIpc) is 2.98. The first-order valence-electron chi connectivity index (χ1n) is 12.6. The standard InChI is InChI=1S/C25H23N5O13S4/c1-14-2-4-16(5-3-14)27-29-23-19(44-43-42-32)12-15-13-20(46(35,36)37)24(22(26)21(15)25(23)31)30-28-17-6-8-18(9-7-17)45(33,34)11-10-41-47(38,39)40/h2-9,12-13,31-32H,10-11,26H2,1H3,(H,35,36,37)(H,38,39,40). The van der Waals surface area contributed by atoms with Gasteiger partial charge in [-0.2, -0.15) is 27.1 Å². The number of hydrogen-bond acceptors (Lipinski definition) is 17. The fraction of sp³-hybridized carbons (Fsp3) is 0.120. The van der Waals surface area contributed by atoms with E-state index >= 15 is 0 Å². The summed E-state index contributed by atoms with van der Waals surface area (Å²) in [6.07, 6.45) is 0. The minimum atomic E-state index is -5.01. The molecule has 22 heteroatoms. The molecule has 18 nitrogen and oxygen atoms in total. The van der Waals surface area contributed by atoms with Gasteiger partial charge in [-0.3, -0.25) is 9.11 Å². The highest BCUT2D eigenvalue weighted by Gasteiger charge is 2.25. The highest BCUT2D eigenvalue weighted by atomic mass is 32.3. The van der Waals surface area contributed by atoms with Crippen LogP contribution in [0.1, 0.15) is 5.56 Å². The molecule has 0 saturated carbocycles. The van der Waals surface area contributed by atoms with E-state index in [1.54, 1.807) is 24.3 Å². The molecule has 250 valence electrons. The van der Waals surface area contributed by atoms with Gasteiger partial charge in [-0.05, 0) is 60.8 Å². The number of nitrogens with zero attached hydrogens (tertiary/aromatic N) is 4. The van der Waals surface area contributed by atoms with E-state index in [0.717, 1.165) is 23.8 Å². The number of aryl methyl sites for hydroxylation is 1. The Bertz CT molecular complexity index is 2190. The number of aromatic hydroxyl groups is 1. The summed E-state index contributed by atoms with van der Waals surface area (Å²) in [5, 5.41) is 39.2. The maximum atomic E-state index is 12.4. The van der Waals surface area contributed by atoms with Gasteiger partial charge in [0.2, 0.25) is 0 Å². The summed E-state index contributed by atoms with van der Waals surface area (Å²) in [6.45, 7) is 1.03. The third-order valence-corrected chi connectivity index (χ3v) is 9.74. The number of benzene rings is 4. The molecule has 0 heterocycles. The molecule has 4 aromatic rings. The van der Waals surface area contributed by atoms with Crippen LogP contribution in [-0.2, 0) is 43.9 Å². The zero-order valence-electron chi connectivity index (χ0n) is 23.7. The molecule has 6 N–H and O–H groups in total. The molecular weight excluding hydrogens is 707 g/mol. The third-order valence-electron chi connectivity index (χ3n) is 6.09. The maximum Gasteiger partial charge on any atom is 0.397 e. The number of rotatable bonds is 13. The van der Waals surface area contributed by atoms with Crippen LogP contribution in [0.15, 0.2) is 95.8 Å². The van der Waals surface area contributed by atoms with Gasteiger partial charge in [-0.15, -0.1) is 14.6 Å². The van der Waals surface area contributed by atoms with Gasteiger partial charge in [0, 0.05) is 0 Å². The van der Waals surface area contributed by atoms with Crippen molar-refractivity contribution in [3.63, 3.8) is 0 Å². The molecule has 0 aromatic heterocycles. The molecule has 0 aliphatic heterocycles. The van der Waals surface area contributed by atoms with Gasteiger partial charge in [-0.1, -0.05) is 22.7 Å². The summed E-state index contributed by atoms with van der Waals surface area (Å²) in [4.78, 5) is -1.09. The lowest BCUT2D eigenvalue weighted by atomic mass is 10.1. The van der Waals surface area contributed by atoms with Crippen molar-refractivity contribution >= 4 is 81.6 Å². The summed E-state index contributed by atoms with van der Waals surface area (Å²) in [7, 11) is -13.9. The lowest BCUT2D eigenvalue weighted by Crippen LogP contribution is -2.15. The second-order valence-corrected chi connectivity index (χ2v) is 14.6. The highest BCUT2D eigenvalue weighted by molar-refractivity contribution is 7.94. The molecule has 0 aliphatic carbocycles. The van der Waals surface area contributed by atoms with E-state index in [4.69, 9.17) is 15.5 Å². The largest absolute Gasteiger partial charge is 0.505 e. The van der Waals surface area contributed by atoms with Crippen molar-refractivity contribution in [2.75, 3.05) is 18.1 Å². The number of azo groups is 2. The van der Waals surface area contributed by atoms with Gasteiger partial charge >= 0.3 is 10.4 Å². The van der Waals surface area contributed by atoms with Crippen molar-refractivity contribution in [3.8, 4) is 5.75 Å². The molecule has 4 aromatic carbocycles. The Morgan fingerprint density at radius 1 is 0.830 bits per heavy atom. The maximum absolute atomic E-state index is 12.4. The molecular formula is C25H23N5O13S4. The molecule has 0 unspecified atom stereocenters. The average molecular weight is 730 g/mol.